The van der Waals surface area contributed by atoms with Gasteiger partial charge in [0.25, 0.3) is 0 Å². The third-order valence-corrected chi connectivity index (χ3v) is 7.39. The van der Waals surface area contributed by atoms with Crippen LogP contribution in [0.1, 0.15) is 49.6 Å². The quantitative estimate of drug-likeness (QED) is 0.715. The van der Waals surface area contributed by atoms with E-state index in [4.69, 9.17) is 0 Å². The average Bonchev–Trinajstić information content (AvgIpc) is 3.41. The van der Waals surface area contributed by atoms with Crippen LogP contribution in [0.5, 0.6) is 0 Å². The van der Waals surface area contributed by atoms with E-state index < -0.39 is 0 Å². The first-order valence-electron chi connectivity index (χ1n) is 11.2. The van der Waals surface area contributed by atoms with E-state index in [2.05, 4.69) is 58.5 Å². The van der Waals surface area contributed by atoms with E-state index in [1.54, 1.807) is 4.90 Å². The Labute approximate surface area is 187 Å². The fourth-order valence-corrected chi connectivity index (χ4v) is 5.06. The summed E-state index contributed by atoms with van der Waals surface area (Å²) in [5.74, 6) is -0.0776. The number of benzene rings is 1. The highest BCUT2D eigenvalue weighted by atomic mass is 32.1. The van der Waals surface area contributed by atoms with Crippen LogP contribution >= 0.6 is 11.3 Å². The molecule has 166 valence electrons. The lowest BCUT2D eigenvalue weighted by Crippen LogP contribution is -2.47. The standard InChI is InChI=1S/C23H31N5O2S/c1-16(2)22-25-26-23(31-22)28-15-18(14-20(28)29)21(30)24-19-9-12-27(13-10-19)11-8-17-6-4-3-5-7-17/h3-7,16,18-19H,8-15H2,1-2H3,(H,24,30). The van der Waals surface area contributed by atoms with Crippen molar-refractivity contribution in [1.82, 2.24) is 20.4 Å². The molecular formula is C23H31N5O2S. The van der Waals surface area contributed by atoms with Gasteiger partial charge in [0.2, 0.25) is 16.9 Å². The Morgan fingerprint density at radius 3 is 2.61 bits per heavy atom. The van der Waals surface area contributed by atoms with Crippen molar-refractivity contribution in [2.24, 2.45) is 5.92 Å². The predicted molar refractivity (Wildman–Crippen MR) is 122 cm³/mol. The van der Waals surface area contributed by atoms with Gasteiger partial charge in [-0.2, -0.15) is 0 Å². The van der Waals surface area contributed by atoms with Gasteiger partial charge in [0.05, 0.1) is 5.92 Å². The molecule has 3 heterocycles. The topological polar surface area (TPSA) is 78.4 Å². The maximum Gasteiger partial charge on any atom is 0.229 e. The largest absolute Gasteiger partial charge is 0.353 e. The highest BCUT2D eigenvalue weighted by Crippen LogP contribution is 2.30. The fourth-order valence-electron chi connectivity index (χ4n) is 4.19. The predicted octanol–water partition coefficient (Wildman–Crippen LogP) is 2.84. The molecule has 4 rings (SSSR count). The van der Waals surface area contributed by atoms with Gasteiger partial charge in [-0.25, -0.2) is 0 Å². The monoisotopic (exact) mass is 441 g/mol. The molecule has 1 N–H and O–H groups in total. The second kappa shape index (κ2) is 9.87. The van der Waals surface area contributed by atoms with Crippen LogP contribution < -0.4 is 10.2 Å². The first-order chi connectivity index (χ1) is 15.0. The van der Waals surface area contributed by atoms with Crippen LogP contribution in [0.25, 0.3) is 0 Å². The fraction of sp³-hybridized carbons (Fsp3) is 0.565. The molecule has 31 heavy (non-hydrogen) atoms. The number of carbonyl (C=O) groups excluding carboxylic acids is 2. The molecule has 0 aliphatic carbocycles. The van der Waals surface area contributed by atoms with Crippen LogP contribution in [0.2, 0.25) is 0 Å². The molecule has 1 aromatic carbocycles. The Hall–Kier alpha value is -2.32. The Bertz CT molecular complexity index is 892. The van der Waals surface area contributed by atoms with Crippen molar-refractivity contribution in [3.05, 3.63) is 40.9 Å². The lowest BCUT2D eigenvalue weighted by molar-refractivity contribution is -0.127. The number of piperidine rings is 1. The summed E-state index contributed by atoms with van der Waals surface area (Å²) < 4.78 is 0. The molecule has 0 radical (unpaired) electrons. The van der Waals surface area contributed by atoms with Gasteiger partial charge in [-0.05, 0) is 24.8 Å². The number of nitrogens with zero attached hydrogens (tertiary/aromatic N) is 4. The van der Waals surface area contributed by atoms with Crippen molar-refractivity contribution in [1.29, 1.82) is 0 Å². The van der Waals surface area contributed by atoms with Gasteiger partial charge in [-0.3, -0.25) is 14.5 Å². The molecule has 2 amide bonds. The summed E-state index contributed by atoms with van der Waals surface area (Å²) in [5.41, 5.74) is 1.37. The first kappa shape index (κ1) is 21.9. The zero-order valence-corrected chi connectivity index (χ0v) is 19.1. The third-order valence-electron chi connectivity index (χ3n) is 6.14. The van der Waals surface area contributed by atoms with Gasteiger partial charge >= 0.3 is 0 Å². The lowest BCUT2D eigenvalue weighted by atomic mass is 10.0. The molecular weight excluding hydrogens is 410 g/mol. The number of carbonyl (C=O) groups is 2. The third kappa shape index (κ3) is 5.49. The van der Waals surface area contributed by atoms with Crippen molar-refractivity contribution >= 4 is 28.3 Å². The number of likely N-dealkylation sites (tertiary alicyclic amines) is 1. The molecule has 0 saturated carbocycles. The zero-order valence-electron chi connectivity index (χ0n) is 18.3. The average molecular weight is 442 g/mol. The minimum Gasteiger partial charge on any atom is -0.353 e. The van der Waals surface area contributed by atoms with E-state index in [-0.39, 0.29) is 36.1 Å². The molecule has 2 fully saturated rings. The molecule has 0 spiro atoms. The van der Waals surface area contributed by atoms with E-state index in [1.807, 2.05) is 6.07 Å². The summed E-state index contributed by atoms with van der Waals surface area (Å²) in [6, 6.07) is 10.7. The molecule has 1 atom stereocenters. The summed E-state index contributed by atoms with van der Waals surface area (Å²) >= 11 is 1.44. The minimum absolute atomic E-state index is 0.00724. The Balaban J connectivity index is 1.22. The van der Waals surface area contributed by atoms with Crippen LogP contribution in [0.15, 0.2) is 30.3 Å². The summed E-state index contributed by atoms with van der Waals surface area (Å²) in [6.45, 7) is 7.55. The highest BCUT2D eigenvalue weighted by Gasteiger charge is 2.37. The van der Waals surface area contributed by atoms with E-state index in [0.29, 0.717) is 11.7 Å². The Morgan fingerprint density at radius 1 is 1.19 bits per heavy atom. The Morgan fingerprint density at radius 2 is 1.94 bits per heavy atom. The summed E-state index contributed by atoms with van der Waals surface area (Å²) in [4.78, 5) is 29.4. The molecule has 2 saturated heterocycles. The normalized spacial score (nSPS) is 20.5. The highest BCUT2D eigenvalue weighted by molar-refractivity contribution is 7.15. The van der Waals surface area contributed by atoms with E-state index in [1.165, 1.54) is 16.9 Å². The van der Waals surface area contributed by atoms with Gasteiger partial charge in [0, 0.05) is 44.6 Å². The minimum atomic E-state index is -0.310. The molecule has 1 aromatic heterocycles. The molecule has 1 unspecified atom stereocenters. The van der Waals surface area contributed by atoms with Gasteiger partial charge in [0.1, 0.15) is 5.01 Å². The molecule has 8 heteroatoms. The number of hydrogen-bond acceptors (Lipinski definition) is 6. The second-order valence-electron chi connectivity index (χ2n) is 8.84. The summed E-state index contributed by atoms with van der Waals surface area (Å²) in [7, 11) is 0. The number of rotatable bonds is 7. The van der Waals surface area contributed by atoms with Gasteiger partial charge in [-0.15, -0.1) is 10.2 Å². The molecule has 7 nitrogen and oxygen atoms in total. The van der Waals surface area contributed by atoms with Crippen molar-refractivity contribution in [3.8, 4) is 0 Å². The lowest BCUT2D eigenvalue weighted by Gasteiger charge is -2.32. The van der Waals surface area contributed by atoms with E-state index >= 15 is 0 Å². The smallest absolute Gasteiger partial charge is 0.229 e. The summed E-state index contributed by atoms with van der Waals surface area (Å²) in [6.07, 6.45) is 3.22. The number of amides is 2. The van der Waals surface area contributed by atoms with Gasteiger partial charge in [0.15, 0.2) is 0 Å². The van der Waals surface area contributed by atoms with Crippen LogP contribution in [0.3, 0.4) is 0 Å². The van der Waals surface area contributed by atoms with Gasteiger partial charge < -0.3 is 10.2 Å². The summed E-state index contributed by atoms with van der Waals surface area (Å²) in [5, 5.41) is 13.0. The first-order valence-corrected chi connectivity index (χ1v) is 12.0. The molecule has 2 aliphatic rings. The van der Waals surface area contributed by atoms with Crippen LogP contribution in [0, 0.1) is 5.92 Å². The van der Waals surface area contributed by atoms with Crippen molar-refractivity contribution in [2.75, 3.05) is 31.1 Å². The van der Waals surface area contributed by atoms with E-state index in [0.717, 1.165) is 43.9 Å². The molecule has 0 bridgehead atoms. The maximum absolute atomic E-state index is 12.8. The Kier molecular flexibility index (Phi) is 6.97. The van der Waals surface area contributed by atoms with Crippen LogP contribution in [-0.2, 0) is 16.0 Å². The second-order valence-corrected chi connectivity index (χ2v) is 9.83. The van der Waals surface area contributed by atoms with Crippen molar-refractivity contribution in [3.63, 3.8) is 0 Å². The molecule has 2 aromatic rings. The zero-order chi connectivity index (χ0) is 21.8. The maximum atomic E-state index is 12.8. The van der Waals surface area contributed by atoms with Crippen LogP contribution in [-0.4, -0.2) is 59.1 Å². The number of hydrogen-bond donors (Lipinski definition) is 1. The van der Waals surface area contributed by atoms with Crippen molar-refractivity contribution in [2.45, 2.75) is 51.5 Å². The number of nitrogens with one attached hydrogen (secondary N) is 1. The number of anilines is 1. The van der Waals surface area contributed by atoms with Crippen molar-refractivity contribution < 1.29 is 9.59 Å². The van der Waals surface area contributed by atoms with E-state index in [9.17, 15) is 9.59 Å². The molecule has 2 aliphatic heterocycles. The number of aromatic nitrogens is 2. The SMILES string of the molecule is CC(C)c1nnc(N2CC(C(=O)NC3CCN(CCc4ccccc4)CC3)CC2=O)s1. The van der Waals surface area contributed by atoms with Crippen LogP contribution in [0.4, 0.5) is 5.13 Å². The van der Waals surface area contributed by atoms with Gasteiger partial charge in [-0.1, -0.05) is 55.5 Å².